The van der Waals surface area contributed by atoms with Crippen molar-refractivity contribution in [1.29, 1.82) is 0 Å². The summed E-state index contributed by atoms with van der Waals surface area (Å²) in [6, 6.07) is 58.7. The van der Waals surface area contributed by atoms with Crippen LogP contribution in [0.15, 0.2) is 158 Å². The smallest absolute Gasteiger partial charge is 0.0373 e. The monoisotopic (exact) mass is 749 g/mol. The quantitative estimate of drug-likeness (QED) is 0.0942. The van der Waals surface area contributed by atoms with Gasteiger partial charge in [0, 0.05) is 19.8 Å². The van der Waals surface area contributed by atoms with E-state index in [4.69, 9.17) is 0 Å². The summed E-state index contributed by atoms with van der Waals surface area (Å²) < 4.78 is 0. The maximum atomic E-state index is 2.56. The molecule has 0 radical (unpaired) electrons. The second kappa shape index (κ2) is 18.3. The minimum absolute atomic E-state index is 0.374. The fraction of sp³-hybridized carbons (Fsp3) is 0.259. The van der Waals surface area contributed by atoms with Crippen molar-refractivity contribution in [1.82, 2.24) is 0 Å². The molecule has 0 aliphatic heterocycles. The molecule has 2 fully saturated rings. The molecule has 2 saturated carbocycles. The minimum atomic E-state index is -0.374. The van der Waals surface area contributed by atoms with Crippen LogP contribution in [-0.2, 0) is 0 Å². The molecule has 0 amide bonds. The maximum absolute atomic E-state index is 2.56. The number of nitrogens with zero attached hydrogens (tertiary/aromatic N) is 1. The standard InChI is InChI=1S/C54H56NP/c1-55(2)45-39-51(49(43-27-13-5-14-28-43)37-41-23-9-3-10-24-41)54(52(40-45)50(44-29-15-6-16-30-44)38-42-25-11-4-12-26-42)48-35-21-22-36-53(48)56(46-31-17-7-18-32-46)47-33-19-8-20-34-47/h3-6,9-16,21-30,35-40,46-47H,7-8,17-20,31-34H2,1-2H3/b49-37+,50-38+. The zero-order chi connectivity index (χ0) is 38.1. The molecular formula is C54H56NP. The molecule has 0 atom stereocenters. The van der Waals surface area contributed by atoms with Gasteiger partial charge in [-0.05, 0) is 122 Å². The number of hydrogen-bond donors (Lipinski definition) is 0. The van der Waals surface area contributed by atoms with Crippen molar-refractivity contribution in [3.63, 3.8) is 0 Å². The summed E-state index contributed by atoms with van der Waals surface area (Å²) in [7, 11) is 4.00. The van der Waals surface area contributed by atoms with E-state index in [1.54, 1.807) is 5.30 Å². The lowest BCUT2D eigenvalue weighted by Gasteiger charge is -2.40. The van der Waals surface area contributed by atoms with Crippen LogP contribution >= 0.6 is 7.92 Å². The normalized spacial score (nSPS) is 15.9. The van der Waals surface area contributed by atoms with Gasteiger partial charge in [-0.1, -0.05) is 192 Å². The maximum Gasteiger partial charge on any atom is 0.0373 e. The lowest BCUT2D eigenvalue weighted by Crippen LogP contribution is -2.27. The van der Waals surface area contributed by atoms with Crippen molar-refractivity contribution in [2.45, 2.75) is 75.5 Å². The van der Waals surface area contributed by atoms with Crippen LogP contribution in [0.2, 0.25) is 0 Å². The third-order valence-corrected chi connectivity index (χ3v) is 15.6. The van der Waals surface area contributed by atoms with E-state index in [0.717, 1.165) is 11.3 Å². The van der Waals surface area contributed by atoms with E-state index in [0.29, 0.717) is 0 Å². The van der Waals surface area contributed by atoms with Gasteiger partial charge in [0.2, 0.25) is 0 Å². The molecule has 2 heteroatoms. The van der Waals surface area contributed by atoms with Crippen molar-refractivity contribution in [2.24, 2.45) is 0 Å². The highest BCUT2D eigenvalue weighted by Crippen LogP contribution is 2.57. The fourth-order valence-corrected chi connectivity index (χ4v) is 13.2. The van der Waals surface area contributed by atoms with Crippen LogP contribution < -0.4 is 10.2 Å². The first-order valence-electron chi connectivity index (χ1n) is 21.0. The molecule has 0 N–H and O–H groups in total. The number of hydrogen-bond acceptors (Lipinski definition) is 1. The van der Waals surface area contributed by atoms with Gasteiger partial charge in [-0.25, -0.2) is 0 Å². The van der Waals surface area contributed by atoms with Crippen LogP contribution in [0.1, 0.15) is 97.6 Å². The van der Waals surface area contributed by atoms with E-state index in [1.165, 1.54) is 126 Å². The van der Waals surface area contributed by atoms with Gasteiger partial charge in [0.05, 0.1) is 0 Å². The molecule has 2 aliphatic carbocycles. The fourth-order valence-electron chi connectivity index (χ4n) is 9.22. The van der Waals surface area contributed by atoms with Gasteiger partial charge in [-0.2, -0.15) is 0 Å². The first kappa shape index (κ1) is 37.9. The third kappa shape index (κ3) is 8.70. The molecule has 8 rings (SSSR count). The first-order chi connectivity index (χ1) is 27.6. The summed E-state index contributed by atoms with van der Waals surface area (Å²) in [6.45, 7) is 0. The Balaban J connectivity index is 1.49. The van der Waals surface area contributed by atoms with Crippen molar-refractivity contribution in [3.8, 4) is 11.1 Å². The lowest BCUT2D eigenvalue weighted by molar-refractivity contribution is 0.487. The Morgan fingerprint density at radius 2 is 0.875 bits per heavy atom. The summed E-state index contributed by atoms with van der Waals surface area (Å²) in [5.74, 6) is 0. The first-order valence-corrected chi connectivity index (χ1v) is 22.5. The zero-order valence-corrected chi connectivity index (χ0v) is 34.2. The molecule has 0 unspecified atom stereocenters. The van der Waals surface area contributed by atoms with Gasteiger partial charge in [-0.3, -0.25) is 0 Å². The molecule has 282 valence electrons. The molecule has 6 aromatic carbocycles. The Morgan fingerprint density at radius 1 is 0.482 bits per heavy atom. The topological polar surface area (TPSA) is 3.24 Å². The molecule has 0 spiro atoms. The molecule has 0 saturated heterocycles. The van der Waals surface area contributed by atoms with E-state index in [1.807, 2.05) is 0 Å². The number of benzene rings is 6. The number of anilines is 1. The lowest BCUT2D eigenvalue weighted by atomic mass is 9.82. The Kier molecular flexibility index (Phi) is 12.4. The molecule has 1 nitrogen and oxygen atoms in total. The molecule has 56 heavy (non-hydrogen) atoms. The van der Waals surface area contributed by atoms with E-state index >= 15 is 0 Å². The zero-order valence-electron chi connectivity index (χ0n) is 33.3. The highest BCUT2D eigenvalue weighted by molar-refractivity contribution is 7.67. The predicted octanol–water partition coefficient (Wildman–Crippen LogP) is 14.4. The van der Waals surface area contributed by atoms with Gasteiger partial charge >= 0.3 is 0 Å². The summed E-state index contributed by atoms with van der Waals surface area (Å²) in [5, 5.41) is 1.63. The summed E-state index contributed by atoms with van der Waals surface area (Å²) in [5.41, 5.74) is 15.5. The van der Waals surface area contributed by atoms with E-state index in [2.05, 4.69) is 189 Å². The predicted molar refractivity (Wildman–Crippen MR) is 246 cm³/mol. The Morgan fingerprint density at radius 3 is 1.30 bits per heavy atom. The van der Waals surface area contributed by atoms with Crippen molar-refractivity contribution >= 4 is 42.2 Å². The SMILES string of the molecule is CN(C)c1cc(/C(=C/c2ccccc2)c2ccccc2)c(-c2ccccc2P(C2CCCCC2)C2CCCCC2)c(/C(=C/c2ccccc2)c2ccccc2)c1. The van der Waals surface area contributed by atoms with Gasteiger partial charge in [0.15, 0.2) is 0 Å². The van der Waals surface area contributed by atoms with Crippen LogP contribution in [0.25, 0.3) is 34.4 Å². The largest absolute Gasteiger partial charge is 0.378 e. The molecule has 0 heterocycles. The summed E-state index contributed by atoms with van der Waals surface area (Å²) in [6.07, 6.45) is 18.6. The van der Waals surface area contributed by atoms with Gasteiger partial charge in [0.1, 0.15) is 0 Å². The molecular weight excluding hydrogens is 694 g/mol. The van der Waals surface area contributed by atoms with Crippen LogP contribution in [0.3, 0.4) is 0 Å². The second-order valence-corrected chi connectivity index (χ2v) is 18.7. The van der Waals surface area contributed by atoms with Gasteiger partial charge in [-0.15, -0.1) is 0 Å². The highest BCUT2D eigenvalue weighted by atomic mass is 31.1. The van der Waals surface area contributed by atoms with Crippen molar-refractivity contribution in [3.05, 3.63) is 191 Å². The van der Waals surface area contributed by atoms with Crippen molar-refractivity contribution < 1.29 is 0 Å². The molecule has 0 aromatic heterocycles. The minimum Gasteiger partial charge on any atom is -0.378 e. The molecule has 6 aromatic rings. The van der Waals surface area contributed by atoms with Crippen molar-refractivity contribution in [2.75, 3.05) is 19.0 Å². The average Bonchev–Trinajstić information content (AvgIpc) is 3.27. The van der Waals surface area contributed by atoms with Crippen LogP contribution in [0.4, 0.5) is 5.69 Å². The van der Waals surface area contributed by atoms with Gasteiger partial charge < -0.3 is 4.90 Å². The van der Waals surface area contributed by atoms with E-state index in [9.17, 15) is 0 Å². The average molecular weight is 750 g/mol. The highest BCUT2D eigenvalue weighted by Gasteiger charge is 2.35. The second-order valence-electron chi connectivity index (χ2n) is 16.0. The molecule has 0 bridgehead atoms. The van der Waals surface area contributed by atoms with Crippen LogP contribution in [-0.4, -0.2) is 25.4 Å². The van der Waals surface area contributed by atoms with Gasteiger partial charge in [0.25, 0.3) is 0 Å². The number of rotatable bonds is 11. The Labute approximate surface area is 337 Å². The van der Waals surface area contributed by atoms with E-state index < -0.39 is 0 Å². The third-order valence-electron chi connectivity index (χ3n) is 12.0. The van der Waals surface area contributed by atoms with Crippen LogP contribution in [0.5, 0.6) is 0 Å². The molecule has 2 aliphatic rings. The van der Waals surface area contributed by atoms with E-state index in [-0.39, 0.29) is 7.92 Å². The Bertz CT molecular complexity index is 2090. The van der Waals surface area contributed by atoms with Crippen LogP contribution in [0, 0.1) is 0 Å². The summed E-state index contributed by atoms with van der Waals surface area (Å²) in [4.78, 5) is 2.29. The summed E-state index contributed by atoms with van der Waals surface area (Å²) >= 11 is 0. The Hall–Kier alpha value is -4.97.